The van der Waals surface area contributed by atoms with Gasteiger partial charge in [0.25, 0.3) is 0 Å². The fourth-order valence-corrected chi connectivity index (χ4v) is 2.80. The fraction of sp³-hybridized carbons (Fsp3) is 0.556. The van der Waals surface area contributed by atoms with Crippen molar-refractivity contribution >= 4 is 6.09 Å². The number of carbonyl (C=O) groups excluding carboxylic acids is 1. The molecule has 0 aliphatic heterocycles. The Labute approximate surface area is 132 Å². The Kier molecular flexibility index (Phi) is 5.07. The molecule has 2 rings (SSSR count). The molecule has 1 amide bonds. The molecule has 1 fully saturated rings. The highest BCUT2D eigenvalue weighted by atomic mass is 16.6. The highest BCUT2D eigenvalue weighted by Crippen LogP contribution is 2.30. The summed E-state index contributed by atoms with van der Waals surface area (Å²) in [6.07, 6.45) is 2.17. The number of amides is 1. The Morgan fingerprint density at radius 1 is 1.32 bits per heavy atom. The summed E-state index contributed by atoms with van der Waals surface area (Å²) in [5.74, 6) is 0.0470. The molecule has 118 valence electrons. The number of hydrogen-bond donors (Lipinski definition) is 0. The SMILES string of the molecule is CC(C)(C)OC(=O)N(Cc1ccccc1)C1CCC(C#N)C1. The largest absolute Gasteiger partial charge is 0.444 e. The first kappa shape index (κ1) is 16.4. The van der Waals surface area contributed by atoms with Crippen LogP contribution in [0, 0.1) is 17.2 Å². The van der Waals surface area contributed by atoms with Crippen LogP contribution in [0.25, 0.3) is 0 Å². The molecule has 1 saturated carbocycles. The van der Waals surface area contributed by atoms with Gasteiger partial charge in [-0.2, -0.15) is 5.26 Å². The van der Waals surface area contributed by atoms with Gasteiger partial charge >= 0.3 is 6.09 Å². The van der Waals surface area contributed by atoms with Crippen LogP contribution in [-0.2, 0) is 11.3 Å². The van der Waals surface area contributed by atoms with Crippen molar-refractivity contribution in [3.8, 4) is 6.07 Å². The third-order valence-corrected chi connectivity index (χ3v) is 3.85. The molecule has 0 bridgehead atoms. The molecule has 2 unspecified atom stereocenters. The predicted octanol–water partition coefficient (Wildman–Crippen LogP) is 4.12. The lowest BCUT2D eigenvalue weighted by atomic mass is 10.1. The smallest absolute Gasteiger partial charge is 0.410 e. The minimum absolute atomic E-state index is 0.0470. The number of nitrogens with zero attached hydrogens (tertiary/aromatic N) is 2. The Morgan fingerprint density at radius 3 is 2.55 bits per heavy atom. The number of nitriles is 1. The van der Waals surface area contributed by atoms with E-state index >= 15 is 0 Å². The molecular weight excluding hydrogens is 276 g/mol. The third-order valence-electron chi connectivity index (χ3n) is 3.85. The molecule has 0 aromatic heterocycles. The molecule has 1 aliphatic rings. The minimum Gasteiger partial charge on any atom is -0.444 e. The van der Waals surface area contributed by atoms with Gasteiger partial charge in [-0.3, -0.25) is 0 Å². The van der Waals surface area contributed by atoms with E-state index in [-0.39, 0.29) is 18.1 Å². The van der Waals surface area contributed by atoms with E-state index in [1.807, 2.05) is 51.1 Å². The van der Waals surface area contributed by atoms with Crippen molar-refractivity contribution in [1.29, 1.82) is 5.26 Å². The zero-order valence-corrected chi connectivity index (χ0v) is 13.6. The van der Waals surface area contributed by atoms with Crippen LogP contribution < -0.4 is 0 Å². The van der Waals surface area contributed by atoms with Gasteiger partial charge in [-0.05, 0) is 45.6 Å². The van der Waals surface area contributed by atoms with Crippen molar-refractivity contribution in [1.82, 2.24) is 4.90 Å². The summed E-state index contributed by atoms with van der Waals surface area (Å²) in [5.41, 5.74) is 0.563. The van der Waals surface area contributed by atoms with Gasteiger partial charge in [0.05, 0.1) is 6.07 Å². The van der Waals surface area contributed by atoms with Crippen molar-refractivity contribution in [2.24, 2.45) is 5.92 Å². The van der Waals surface area contributed by atoms with Crippen LogP contribution in [0.15, 0.2) is 30.3 Å². The Bertz CT molecular complexity index is 542. The zero-order chi connectivity index (χ0) is 16.2. The minimum atomic E-state index is -0.515. The van der Waals surface area contributed by atoms with Crippen molar-refractivity contribution in [3.63, 3.8) is 0 Å². The maximum Gasteiger partial charge on any atom is 0.410 e. The molecule has 4 nitrogen and oxygen atoms in total. The summed E-state index contributed by atoms with van der Waals surface area (Å²) in [4.78, 5) is 14.4. The monoisotopic (exact) mass is 300 g/mol. The molecule has 1 aromatic carbocycles. The van der Waals surface area contributed by atoms with E-state index in [9.17, 15) is 4.79 Å². The van der Waals surface area contributed by atoms with Crippen molar-refractivity contribution in [2.45, 2.75) is 58.2 Å². The van der Waals surface area contributed by atoms with E-state index in [1.165, 1.54) is 0 Å². The van der Waals surface area contributed by atoms with Crippen LogP contribution >= 0.6 is 0 Å². The topological polar surface area (TPSA) is 53.3 Å². The molecular formula is C18H24N2O2. The lowest BCUT2D eigenvalue weighted by Gasteiger charge is -2.31. The first-order valence-corrected chi connectivity index (χ1v) is 7.82. The van der Waals surface area contributed by atoms with E-state index in [2.05, 4.69) is 6.07 Å². The molecule has 2 atom stereocenters. The van der Waals surface area contributed by atoms with Crippen LogP contribution in [-0.4, -0.2) is 22.6 Å². The van der Waals surface area contributed by atoms with Gasteiger partial charge in [0.1, 0.15) is 5.60 Å². The number of rotatable bonds is 3. The molecule has 1 aromatic rings. The third kappa shape index (κ3) is 4.49. The maximum absolute atomic E-state index is 12.6. The molecule has 0 N–H and O–H groups in total. The molecule has 0 saturated heterocycles. The maximum atomic E-state index is 12.6. The molecule has 4 heteroatoms. The average molecular weight is 300 g/mol. The molecule has 0 radical (unpaired) electrons. The average Bonchev–Trinajstić information content (AvgIpc) is 2.92. The first-order valence-electron chi connectivity index (χ1n) is 7.82. The first-order chi connectivity index (χ1) is 10.4. The highest BCUT2D eigenvalue weighted by Gasteiger charge is 2.34. The number of benzene rings is 1. The second-order valence-electron chi connectivity index (χ2n) is 6.89. The van der Waals surface area contributed by atoms with Gasteiger partial charge in [-0.15, -0.1) is 0 Å². The van der Waals surface area contributed by atoms with E-state index in [0.29, 0.717) is 6.54 Å². The molecule has 1 aliphatic carbocycles. The van der Waals surface area contributed by atoms with Gasteiger partial charge in [0.2, 0.25) is 0 Å². The number of ether oxygens (including phenoxy) is 1. The van der Waals surface area contributed by atoms with Gasteiger partial charge in [-0.1, -0.05) is 30.3 Å². The summed E-state index contributed by atoms with van der Waals surface area (Å²) in [5, 5.41) is 9.10. The summed E-state index contributed by atoms with van der Waals surface area (Å²) in [7, 11) is 0. The van der Waals surface area contributed by atoms with Crippen molar-refractivity contribution < 1.29 is 9.53 Å². The summed E-state index contributed by atoms with van der Waals surface area (Å²) in [6.45, 7) is 6.15. The van der Waals surface area contributed by atoms with Crippen molar-refractivity contribution in [3.05, 3.63) is 35.9 Å². The standard InChI is InChI=1S/C18H24N2O2/c1-18(2,3)22-17(21)20(13-14-7-5-4-6-8-14)16-10-9-15(11-16)12-19/h4-8,15-16H,9-11,13H2,1-3H3. The van der Waals surface area contributed by atoms with Gasteiger partial charge in [0, 0.05) is 18.5 Å². The second kappa shape index (κ2) is 6.83. The fourth-order valence-electron chi connectivity index (χ4n) is 2.80. The van der Waals surface area contributed by atoms with Crippen LogP contribution in [0.1, 0.15) is 45.6 Å². The van der Waals surface area contributed by atoms with Crippen LogP contribution in [0.5, 0.6) is 0 Å². The van der Waals surface area contributed by atoms with E-state index in [4.69, 9.17) is 10.00 Å². The quantitative estimate of drug-likeness (QED) is 0.844. The highest BCUT2D eigenvalue weighted by molar-refractivity contribution is 5.68. The zero-order valence-electron chi connectivity index (χ0n) is 13.6. The molecule has 22 heavy (non-hydrogen) atoms. The van der Waals surface area contributed by atoms with E-state index < -0.39 is 5.60 Å². The van der Waals surface area contributed by atoms with Gasteiger partial charge < -0.3 is 9.64 Å². The summed E-state index contributed by atoms with van der Waals surface area (Å²) in [6, 6.07) is 12.3. The summed E-state index contributed by atoms with van der Waals surface area (Å²) < 4.78 is 5.56. The normalized spacial score (nSPS) is 21.2. The molecule has 0 spiro atoms. The lowest BCUT2D eigenvalue weighted by Crippen LogP contribution is -2.42. The van der Waals surface area contributed by atoms with Crippen molar-refractivity contribution in [2.75, 3.05) is 0 Å². The van der Waals surface area contributed by atoms with Crippen LogP contribution in [0.3, 0.4) is 0 Å². The predicted molar refractivity (Wildman–Crippen MR) is 85.0 cm³/mol. The van der Waals surface area contributed by atoms with Crippen LogP contribution in [0.2, 0.25) is 0 Å². The second-order valence-corrected chi connectivity index (χ2v) is 6.89. The van der Waals surface area contributed by atoms with Gasteiger partial charge in [0.15, 0.2) is 0 Å². The molecule has 0 heterocycles. The Hall–Kier alpha value is -2.02. The number of hydrogen-bond acceptors (Lipinski definition) is 3. The van der Waals surface area contributed by atoms with E-state index in [0.717, 1.165) is 24.8 Å². The van der Waals surface area contributed by atoms with Gasteiger partial charge in [-0.25, -0.2) is 4.79 Å². The van der Waals surface area contributed by atoms with Crippen LogP contribution in [0.4, 0.5) is 4.79 Å². The number of carbonyl (C=O) groups is 1. The summed E-state index contributed by atoms with van der Waals surface area (Å²) >= 11 is 0. The van der Waals surface area contributed by atoms with E-state index in [1.54, 1.807) is 4.90 Å². The Morgan fingerprint density at radius 2 is 2.00 bits per heavy atom. The Balaban J connectivity index is 2.14. The lowest BCUT2D eigenvalue weighted by molar-refractivity contribution is 0.0143.